The standard InChI is InChI=1S/C44H46ClN7O6/c45-36-23-33(10-6-29(36)24-46)58-40-30-2-1-3-37(40)51(26-30)42(55)28-4-7-31(8-5-28)50-20-18-48(19-21-50)25-27-14-16-49(17-15-27)32-9-11-34-35(22-32)44(57)52(43(34)56)38-12-13-39(53)47-41(38)54/h4-11,22-23,27,30,37-38,40H,1-3,12-21,25-26H2,(H,47,53,54). The van der Waals surface area contributed by atoms with Gasteiger partial charge in [-0.15, -0.1) is 0 Å². The normalized spacial score (nSPS) is 25.2. The Hall–Kier alpha value is -5.45. The van der Waals surface area contributed by atoms with Crippen LogP contribution in [0.15, 0.2) is 60.7 Å². The van der Waals surface area contributed by atoms with Gasteiger partial charge >= 0.3 is 0 Å². The molecule has 1 saturated carbocycles. The third kappa shape index (κ3) is 7.17. The first-order valence-electron chi connectivity index (χ1n) is 20.5. The van der Waals surface area contributed by atoms with Crippen molar-refractivity contribution in [3.63, 3.8) is 0 Å². The van der Waals surface area contributed by atoms with Crippen LogP contribution in [0.5, 0.6) is 5.75 Å². The maximum absolute atomic E-state index is 13.8. The summed E-state index contributed by atoms with van der Waals surface area (Å²) in [7, 11) is 0. The maximum atomic E-state index is 13.8. The Labute approximate surface area is 342 Å². The lowest BCUT2D eigenvalue weighted by molar-refractivity contribution is -0.136. The first-order chi connectivity index (χ1) is 28.1. The largest absolute Gasteiger partial charge is 0.488 e. The van der Waals surface area contributed by atoms with Crippen molar-refractivity contribution in [2.75, 3.05) is 62.2 Å². The summed E-state index contributed by atoms with van der Waals surface area (Å²) in [5.74, 6) is -0.471. The van der Waals surface area contributed by atoms with Crippen LogP contribution in [-0.2, 0) is 9.59 Å². The summed E-state index contributed by atoms with van der Waals surface area (Å²) in [6.07, 6.45) is 5.15. The number of benzene rings is 3. The Kier molecular flexibility index (Phi) is 10.3. The Balaban J connectivity index is 0.744. The van der Waals surface area contributed by atoms with E-state index in [0.717, 1.165) is 94.2 Å². The van der Waals surface area contributed by atoms with E-state index in [2.05, 4.69) is 38.2 Å². The predicted octanol–water partition coefficient (Wildman–Crippen LogP) is 4.72. The second kappa shape index (κ2) is 15.7. The molecule has 1 N–H and O–H groups in total. The van der Waals surface area contributed by atoms with Gasteiger partial charge in [0.15, 0.2) is 0 Å². The van der Waals surface area contributed by atoms with Crippen molar-refractivity contribution in [1.29, 1.82) is 5.26 Å². The van der Waals surface area contributed by atoms with Crippen LogP contribution in [0.2, 0.25) is 5.02 Å². The van der Waals surface area contributed by atoms with Crippen LogP contribution < -0.4 is 19.9 Å². The van der Waals surface area contributed by atoms with Crippen molar-refractivity contribution in [3.8, 4) is 11.8 Å². The first-order valence-corrected chi connectivity index (χ1v) is 20.9. The number of likely N-dealkylation sites (tertiary alicyclic amines) is 1. The van der Waals surface area contributed by atoms with Crippen molar-refractivity contribution in [2.24, 2.45) is 11.8 Å². The zero-order valence-electron chi connectivity index (χ0n) is 32.3. The van der Waals surface area contributed by atoms with Gasteiger partial charge < -0.3 is 19.4 Å². The highest BCUT2D eigenvalue weighted by Crippen LogP contribution is 2.40. The molecule has 9 rings (SSSR count). The fourth-order valence-corrected chi connectivity index (χ4v) is 10.2. The zero-order valence-corrected chi connectivity index (χ0v) is 33.0. The lowest BCUT2D eigenvalue weighted by Gasteiger charge is -2.40. The van der Waals surface area contributed by atoms with E-state index >= 15 is 0 Å². The van der Waals surface area contributed by atoms with Gasteiger partial charge in [0.25, 0.3) is 17.7 Å². The number of nitrogens with one attached hydrogen (secondary N) is 1. The van der Waals surface area contributed by atoms with Gasteiger partial charge in [-0.2, -0.15) is 5.26 Å². The monoisotopic (exact) mass is 803 g/mol. The average molecular weight is 804 g/mol. The molecule has 0 radical (unpaired) electrons. The van der Waals surface area contributed by atoms with Gasteiger partial charge in [-0.1, -0.05) is 18.0 Å². The number of imide groups is 2. The summed E-state index contributed by atoms with van der Waals surface area (Å²) < 4.78 is 6.42. The number of hydrogen-bond donors (Lipinski definition) is 1. The van der Waals surface area contributed by atoms with Crippen LogP contribution in [0, 0.1) is 23.2 Å². The second-order valence-corrected chi connectivity index (χ2v) is 16.9. The Morgan fingerprint density at radius 3 is 2.26 bits per heavy atom. The fourth-order valence-electron chi connectivity index (χ4n) is 9.94. The third-order valence-corrected chi connectivity index (χ3v) is 13.4. The first kappa shape index (κ1) is 38.1. The Morgan fingerprint density at radius 2 is 1.53 bits per heavy atom. The minimum absolute atomic E-state index is 0.00255. The van der Waals surface area contributed by atoms with Crippen molar-refractivity contribution >= 4 is 52.5 Å². The molecule has 300 valence electrons. The number of nitrogens with zero attached hydrogens (tertiary/aromatic N) is 6. The molecule has 1 aliphatic carbocycles. The lowest BCUT2D eigenvalue weighted by Crippen LogP contribution is -2.54. The molecular weight excluding hydrogens is 758 g/mol. The van der Waals surface area contributed by atoms with Crippen molar-refractivity contribution in [2.45, 2.75) is 63.1 Å². The number of piperidine rings is 2. The highest BCUT2D eigenvalue weighted by molar-refractivity contribution is 6.31. The minimum atomic E-state index is -0.970. The molecule has 14 heteroatoms. The van der Waals surface area contributed by atoms with E-state index in [1.165, 1.54) is 0 Å². The number of anilines is 2. The molecule has 0 aromatic heterocycles. The lowest BCUT2D eigenvalue weighted by atomic mass is 9.87. The Morgan fingerprint density at radius 1 is 0.810 bits per heavy atom. The number of amides is 5. The SMILES string of the molecule is N#Cc1ccc(OC2C3CCCC2N(C(=O)c2ccc(N4CCN(CC5CCN(c6ccc7c(c6)C(=O)N(C6CCC(=O)NC6=O)C7=O)CC5)CC4)cc2)C3)cc1Cl. The molecule has 4 unspecified atom stereocenters. The highest BCUT2D eigenvalue weighted by Gasteiger charge is 2.48. The molecule has 13 nitrogen and oxygen atoms in total. The fraction of sp³-hybridized carbons (Fsp3) is 0.455. The Bertz CT molecular complexity index is 2190. The van der Waals surface area contributed by atoms with E-state index in [-0.39, 0.29) is 42.7 Å². The van der Waals surface area contributed by atoms with Crippen molar-refractivity contribution in [3.05, 3.63) is 87.9 Å². The minimum Gasteiger partial charge on any atom is -0.488 e. The number of hydrogen-bond acceptors (Lipinski definition) is 10. The molecular formula is C44H46ClN7O6. The van der Waals surface area contributed by atoms with Crippen LogP contribution in [0.4, 0.5) is 11.4 Å². The van der Waals surface area contributed by atoms with Gasteiger partial charge in [-0.05, 0) is 92.6 Å². The van der Waals surface area contributed by atoms with E-state index in [1.807, 2.05) is 23.1 Å². The van der Waals surface area contributed by atoms with Gasteiger partial charge in [0.2, 0.25) is 11.8 Å². The predicted molar refractivity (Wildman–Crippen MR) is 216 cm³/mol. The number of rotatable bonds is 8. The van der Waals surface area contributed by atoms with Gasteiger partial charge in [0.1, 0.15) is 24.0 Å². The molecule has 3 aromatic rings. The van der Waals surface area contributed by atoms with E-state index < -0.39 is 23.8 Å². The maximum Gasteiger partial charge on any atom is 0.262 e. The van der Waals surface area contributed by atoms with E-state index in [9.17, 15) is 29.2 Å². The molecule has 6 aliphatic rings. The molecule has 5 aliphatic heterocycles. The van der Waals surface area contributed by atoms with Gasteiger partial charge in [-0.25, -0.2) is 0 Å². The van der Waals surface area contributed by atoms with Gasteiger partial charge in [0, 0.05) is 87.7 Å². The van der Waals surface area contributed by atoms with E-state index in [4.69, 9.17) is 16.3 Å². The molecule has 3 aromatic carbocycles. The van der Waals surface area contributed by atoms with Crippen LogP contribution in [0.3, 0.4) is 0 Å². The molecule has 0 spiro atoms. The molecule has 5 fully saturated rings. The number of nitriles is 1. The molecule has 4 saturated heterocycles. The number of fused-ring (bicyclic) bond motifs is 3. The van der Waals surface area contributed by atoms with Crippen LogP contribution in [-0.4, -0.2) is 115 Å². The van der Waals surface area contributed by atoms with Gasteiger partial charge in [0.05, 0.1) is 27.8 Å². The van der Waals surface area contributed by atoms with Crippen LogP contribution in [0.1, 0.15) is 81.6 Å². The van der Waals surface area contributed by atoms with Crippen LogP contribution >= 0.6 is 11.6 Å². The van der Waals surface area contributed by atoms with Crippen LogP contribution in [0.25, 0.3) is 0 Å². The quantitative estimate of drug-likeness (QED) is 0.318. The van der Waals surface area contributed by atoms with E-state index in [1.54, 1.807) is 30.3 Å². The van der Waals surface area contributed by atoms with Crippen molar-refractivity contribution in [1.82, 2.24) is 20.0 Å². The number of halogens is 1. The summed E-state index contributed by atoms with van der Waals surface area (Å²) >= 11 is 6.27. The molecule has 4 atom stereocenters. The topological polar surface area (TPSA) is 147 Å². The highest BCUT2D eigenvalue weighted by atomic mass is 35.5. The summed E-state index contributed by atoms with van der Waals surface area (Å²) in [6, 6.07) is 19.7. The average Bonchev–Trinajstić information content (AvgIpc) is 3.58. The molecule has 2 bridgehead atoms. The third-order valence-electron chi connectivity index (χ3n) is 13.1. The number of ether oxygens (including phenoxy) is 1. The number of carbonyl (C=O) groups is 5. The molecule has 5 heterocycles. The zero-order chi connectivity index (χ0) is 40.1. The summed E-state index contributed by atoms with van der Waals surface area (Å²) in [4.78, 5) is 74.6. The van der Waals surface area contributed by atoms with Crippen molar-refractivity contribution < 1.29 is 28.7 Å². The second-order valence-electron chi connectivity index (χ2n) is 16.5. The van der Waals surface area contributed by atoms with Gasteiger partial charge in [-0.3, -0.25) is 39.1 Å². The molecule has 5 amide bonds. The summed E-state index contributed by atoms with van der Waals surface area (Å²) in [5.41, 5.74) is 3.74. The van der Waals surface area contributed by atoms with E-state index in [0.29, 0.717) is 45.5 Å². The smallest absolute Gasteiger partial charge is 0.262 e. The molecule has 58 heavy (non-hydrogen) atoms. The number of carbonyl (C=O) groups excluding carboxylic acids is 5. The summed E-state index contributed by atoms with van der Waals surface area (Å²) in [5, 5.41) is 11.9. The summed E-state index contributed by atoms with van der Waals surface area (Å²) in [6.45, 7) is 7.18. The number of piperazine rings is 1.